The van der Waals surface area contributed by atoms with Gasteiger partial charge in [0.2, 0.25) is 0 Å². The van der Waals surface area contributed by atoms with Gasteiger partial charge in [0.15, 0.2) is 0 Å². The van der Waals surface area contributed by atoms with Crippen LogP contribution in [0.3, 0.4) is 0 Å². The fourth-order valence-electron chi connectivity index (χ4n) is 1.60. The molecule has 0 spiro atoms. The molecule has 0 aliphatic carbocycles. The van der Waals surface area contributed by atoms with Gasteiger partial charge in [0.1, 0.15) is 0 Å². The molecule has 0 aromatic heterocycles. The summed E-state index contributed by atoms with van der Waals surface area (Å²) in [7, 11) is 5.48. The molecule has 0 bridgehead atoms. The minimum absolute atomic E-state index is 0.107. The highest BCUT2D eigenvalue weighted by Gasteiger charge is 2.22. The third-order valence-electron chi connectivity index (χ3n) is 2.89. The predicted octanol–water partition coefficient (Wildman–Crippen LogP) is 0.968. The van der Waals surface area contributed by atoms with Gasteiger partial charge in [-0.3, -0.25) is 4.90 Å². The van der Waals surface area contributed by atoms with Crippen molar-refractivity contribution in [3.8, 4) is 0 Å². The summed E-state index contributed by atoms with van der Waals surface area (Å²) >= 11 is 0. The SMILES string of the molecule is CNC(C)(C)CN(CCOC)C(C)COC. The summed E-state index contributed by atoms with van der Waals surface area (Å²) in [6.07, 6.45) is 0. The van der Waals surface area contributed by atoms with Crippen LogP contribution in [0.1, 0.15) is 20.8 Å². The first-order valence-corrected chi connectivity index (χ1v) is 5.87. The van der Waals surface area contributed by atoms with Crippen molar-refractivity contribution in [2.24, 2.45) is 0 Å². The Bertz CT molecular complexity index is 174. The van der Waals surface area contributed by atoms with Crippen LogP contribution in [0.5, 0.6) is 0 Å². The highest BCUT2D eigenvalue weighted by molar-refractivity contribution is 4.82. The van der Waals surface area contributed by atoms with Crippen LogP contribution in [0.4, 0.5) is 0 Å². The van der Waals surface area contributed by atoms with Crippen LogP contribution in [-0.2, 0) is 9.47 Å². The quantitative estimate of drug-likeness (QED) is 0.642. The highest BCUT2D eigenvalue weighted by Crippen LogP contribution is 2.08. The van der Waals surface area contributed by atoms with E-state index in [1.807, 2.05) is 7.05 Å². The van der Waals surface area contributed by atoms with E-state index in [0.717, 1.165) is 26.3 Å². The van der Waals surface area contributed by atoms with E-state index >= 15 is 0 Å². The molecule has 0 radical (unpaired) electrons. The fraction of sp³-hybridized carbons (Fsp3) is 1.00. The number of ether oxygens (including phenoxy) is 2. The van der Waals surface area contributed by atoms with Crippen molar-refractivity contribution >= 4 is 0 Å². The molecule has 0 saturated carbocycles. The van der Waals surface area contributed by atoms with E-state index in [1.165, 1.54) is 0 Å². The molecule has 0 aliphatic rings. The summed E-state index contributed by atoms with van der Waals surface area (Å²) in [6.45, 7) is 10.0. The molecular weight excluding hydrogens is 204 g/mol. The van der Waals surface area contributed by atoms with Gasteiger partial charge in [-0.25, -0.2) is 0 Å². The highest BCUT2D eigenvalue weighted by atomic mass is 16.5. The Balaban J connectivity index is 4.29. The van der Waals surface area contributed by atoms with E-state index in [0.29, 0.717) is 6.04 Å². The van der Waals surface area contributed by atoms with E-state index in [-0.39, 0.29) is 5.54 Å². The Morgan fingerprint density at radius 1 is 1.25 bits per heavy atom. The van der Waals surface area contributed by atoms with E-state index in [2.05, 4.69) is 31.0 Å². The molecule has 1 atom stereocenters. The average Bonchev–Trinajstić information content (AvgIpc) is 2.24. The maximum atomic E-state index is 5.21. The standard InChI is InChI=1S/C12H28N2O2/c1-11(9-16-6)14(7-8-15-5)10-12(2,3)13-4/h11,13H,7-10H2,1-6H3. The second-order valence-electron chi connectivity index (χ2n) is 4.90. The third-order valence-corrected chi connectivity index (χ3v) is 2.89. The van der Waals surface area contributed by atoms with Crippen LogP contribution >= 0.6 is 0 Å². The summed E-state index contributed by atoms with van der Waals surface area (Å²) in [5.41, 5.74) is 0.107. The summed E-state index contributed by atoms with van der Waals surface area (Å²) < 4.78 is 10.4. The van der Waals surface area contributed by atoms with Gasteiger partial charge < -0.3 is 14.8 Å². The minimum Gasteiger partial charge on any atom is -0.383 e. The van der Waals surface area contributed by atoms with Gasteiger partial charge in [0.05, 0.1) is 13.2 Å². The monoisotopic (exact) mass is 232 g/mol. The van der Waals surface area contributed by atoms with Gasteiger partial charge in [0.25, 0.3) is 0 Å². The van der Waals surface area contributed by atoms with Crippen LogP contribution in [-0.4, -0.2) is 64.1 Å². The number of rotatable bonds is 9. The van der Waals surface area contributed by atoms with Crippen molar-refractivity contribution in [2.45, 2.75) is 32.4 Å². The zero-order valence-corrected chi connectivity index (χ0v) is 11.7. The number of methoxy groups -OCH3 is 2. The Morgan fingerprint density at radius 3 is 2.31 bits per heavy atom. The van der Waals surface area contributed by atoms with Gasteiger partial charge in [-0.1, -0.05) is 0 Å². The van der Waals surface area contributed by atoms with Crippen molar-refractivity contribution in [2.75, 3.05) is 47.6 Å². The number of nitrogens with zero attached hydrogens (tertiary/aromatic N) is 1. The number of nitrogens with one attached hydrogen (secondary N) is 1. The van der Waals surface area contributed by atoms with Crippen LogP contribution < -0.4 is 5.32 Å². The first-order valence-electron chi connectivity index (χ1n) is 5.87. The molecule has 98 valence electrons. The lowest BCUT2D eigenvalue weighted by atomic mass is 10.0. The van der Waals surface area contributed by atoms with Crippen LogP contribution in [0.15, 0.2) is 0 Å². The summed E-state index contributed by atoms with van der Waals surface area (Å²) in [4.78, 5) is 2.39. The van der Waals surface area contributed by atoms with Gasteiger partial charge in [-0.05, 0) is 27.8 Å². The molecule has 1 unspecified atom stereocenters. The number of hydrogen-bond acceptors (Lipinski definition) is 4. The molecular formula is C12H28N2O2. The van der Waals surface area contributed by atoms with Crippen molar-refractivity contribution in [1.29, 1.82) is 0 Å². The largest absolute Gasteiger partial charge is 0.383 e. The summed E-state index contributed by atoms with van der Waals surface area (Å²) in [5.74, 6) is 0. The van der Waals surface area contributed by atoms with E-state index in [1.54, 1.807) is 14.2 Å². The topological polar surface area (TPSA) is 33.7 Å². The smallest absolute Gasteiger partial charge is 0.0615 e. The van der Waals surface area contributed by atoms with Crippen molar-refractivity contribution in [1.82, 2.24) is 10.2 Å². The molecule has 0 aromatic carbocycles. The van der Waals surface area contributed by atoms with Crippen LogP contribution in [0.2, 0.25) is 0 Å². The lowest BCUT2D eigenvalue weighted by molar-refractivity contribution is 0.0604. The molecule has 0 aromatic rings. The maximum absolute atomic E-state index is 5.21. The molecule has 0 amide bonds. The Hall–Kier alpha value is -0.160. The zero-order valence-electron chi connectivity index (χ0n) is 11.7. The molecule has 0 heterocycles. The summed E-state index contributed by atoms with van der Waals surface area (Å²) in [5, 5.41) is 3.32. The number of hydrogen-bond donors (Lipinski definition) is 1. The minimum atomic E-state index is 0.107. The Labute approximate surface area is 100 Å². The molecule has 4 heteroatoms. The molecule has 16 heavy (non-hydrogen) atoms. The van der Waals surface area contributed by atoms with E-state index < -0.39 is 0 Å². The fourth-order valence-corrected chi connectivity index (χ4v) is 1.60. The predicted molar refractivity (Wildman–Crippen MR) is 67.9 cm³/mol. The van der Waals surface area contributed by atoms with Crippen molar-refractivity contribution < 1.29 is 9.47 Å². The molecule has 4 nitrogen and oxygen atoms in total. The lowest BCUT2D eigenvalue weighted by Crippen LogP contribution is -2.51. The van der Waals surface area contributed by atoms with E-state index in [4.69, 9.17) is 9.47 Å². The van der Waals surface area contributed by atoms with Crippen LogP contribution in [0.25, 0.3) is 0 Å². The molecule has 0 saturated heterocycles. The molecule has 0 aliphatic heterocycles. The van der Waals surface area contributed by atoms with Gasteiger partial charge in [-0.15, -0.1) is 0 Å². The normalized spacial score (nSPS) is 14.4. The zero-order chi connectivity index (χ0) is 12.6. The second-order valence-corrected chi connectivity index (χ2v) is 4.90. The van der Waals surface area contributed by atoms with Crippen molar-refractivity contribution in [3.05, 3.63) is 0 Å². The van der Waals surface area contributed by atoms with Crippen molar-refractivity contribution in [3.63, 3.8) is 0 Å². The Kier molecular flexibility index (Phi) is 7.93. The van der Waals surface area contributed by atoms with Gasteiger partial charge >= 0.3 is 0 Å². The second kappa shape index (κ2) is 8.01. The van der Waals surface area contributed by atoms with Gasteiger partial charge in [-0.2, -0.15) is 0 Å². The number of likely N-dealkylation sites (N-methyl/N-ethyl adjacent to an activating group) is 1. The third kappa shape index (κ3) is 6.43. The first-order chi connectivity index (χ1) is 7.46. The van der Waals surface area contributed by atoms with Crippen LogP contribution in [0, 0.1) is 0 Å². The lowest BCUT2D eigenvalue weighted by Gasteiger charge is -2.36. The molecule has 0 fully saturated rings. The maximum Gasteiger partial charge on any atom is 0.0615 e. The van der Waals surface area contributed by atoms with Gasteiger partial charge in [0, 0.05) is 38.9 Å². The first kappa shape index (κ1) is 15.8. The molecule has 1 N–H and O–H groups in total. The average molecular weight is 232 g/mol. The molecule has 0 rings (SSSR count). The van der Waals surface area contributed by atoms with E-state index in [9.17, 15) is 0 Å². The Morgan fingerprint density at radius 2 is 1.88 bits per heavy atom. The summed E-state index contributed by atoms with van der Waals surface area (Å²) in [6, 6.07) is 0.410.